The van der Waals surface area contributed by atoms with Gasteiger partial charge in [0.2, 0.25) is 5.91 Å². The number of carbonyl (C=O) groups is 1. The molecule has 1 aliphatic rings. The molecule has 0 aliphatic carbocycles. The number of fused-ring (bicyclic) bond motifs is 1. The number of unbranched alkanes of at least 4 members (excludes halogenated alkanes) is 1. The lowest BCUT2D eigenvalue weighted by atomic mass is 10.1. The minimum atomic E-state index is -0.307. The minimum absolute atomic E-state index is 0.0908. The summed E-state index contributed by atoms with van der Waals surface area (Å²) >= 11 is 2.76. The lowest BCUT2D eigenvalue weighted by Gasteiger charge is -2.26. The molecular weight excluding hydrogens is 433 g/mol. The standard InChI is InChI=1S/C23H26FN3O2S2/c1-2-3-13-27-22(29)20-18(16-7-9-17(24)10-8-16)14-30-21(20)25-23(27)31-15-19(28)26-11-5-4-6-12-26/h7-10,14H,2-6,11-13,15H2,1H3. The summed E-state index contributed by atoms with van der Waals surface area (Å²) in [6, 6.07) is 6.18. The molecule has 5 nitrogen and oxygen atoms in total. The number of carbonyl (C=O) groups excluding carboxylic acids is 1. The highest BCUT2D eigenvalue weighted by Gasteiger charge is 2.20. The molecule has 0 bridgehead atoms. The monoisotopic (exact) mass is 459 g/mol. The summed E-state index contributed by atoms with van der Waals surface area (Å²) in [5.41, 5.74) is 1.49. The van der Waals surface area contributed by atoms with E-state index in [2.05, 4.69) is 6.92 Å². The number of nitrogens with zero attached hydrogens (tertiary/aromatic N) is 3. The van der Waals surface area contributed by atoms with Crippen LogP contribution in [0.1, 0.15) is 39.0 Å². The third-order valence-corrected chi connectivity index (χ3v) is 7.42. The van der Waals surface area contributed by atoms with Crippen molar-refractivity contribution in [2.24, 2.45) is 0 Å². The largest absolute Gasteiger partial charge is 0.342 e. The molecule has 1 saturated heterocycles. The molecule has 2 aromatic heterocycles. The van der Waals surface area contributed by atoms with E-state index in [-0.39, 0.29) is 17.3 Å². The first-order chi connectivity index (χ1) is 15.1. The van der Waals surface area contributed by atoms with E-state index in [1.54, 1.807) is 16.7 Å². The lowest BCUT2D eigenvalue weighted by Crippen LogP contribution is -2.37. The number of thioether (sulfide) groups is 1. The Morgan fingerprint density at radius 3 is 2.65 bits per heavy atom. The van der Waals surface area contributed by atoms with Gasteiger partial charge in [0.15, 0.2) is 5.16 Å². The van der Waals surface area contributed by atoms with Crippen LogP contribution in [0.15, 0.2) is 39.6 Å². The molecule has 31 heavy (non-hydrogen) atoms. The fourth-order valence-electron chi connectivity index (χ4n) is 3.83. The minimum Gasteiger partial charge on any atom is -0.342 e. The Hall–Kier alpha value is -2.19. The van der Waals surface area contributed by atoms with Crippen molar-refractivity contribution in [3.63, 3.8) is 0 Å². The van der Waals surface area contributed by atoms with E-state index in [4.69, 9.17) is 4.98 Å². The number of piperidine rings is 1. The highest BCUT2D eigenvalue weighted by atomic mass is 32.2. The molecule has 1 fully saturated rings. The van der Waals surface area contributed by atoms with Crippen molar-refractivity contribution < 1.29 is 9.18 Å². The maximum atomic E-state index is 13.5. The van der Waals surface area contributed by atoms with Gasteiger partial charge in [-0.1, -0.05) is 37.2 Å². The topological polar surface area (TPSA) is 55.2 Å². The van der Waals surface area contributed by atoms with Crippen molar-refractivity contribution in [2.45, 2.75) is 50.7 Å². The van der Waals surface area contributed by atoms with E-state index in [1.165, 1.54) is 41.7 Å². The predicted octanol–water partition coefficient (Wildman–Crippen LogP) is 5.17. The average Bonchev–Trinajstić information content (AvgIpc) is 3.22. The van der Waals surface area contributed by atoms with Gasteiger partial charge < -0.3 is 4.90 Å². The molecular formula is C23H26FN3O2S2. The Morgan fingerprint density at radius 2 is 1.94 bits per heavy atom. The van der Waals surface area contributed by atoms with Gasteiger partial charge in [-0.05, 0) is 43.4 Å². The van der Waals surface area contributed by atoms with E-state index < -0.39 is 0 Å². The Balaban J connectivity index is 1.67. The SMILES string of the molecule is CCCCn1c(SCC(=O)N2CCCCC2)nc2scc(-c3ccc(F)cc3)c2c1=O. The fraction of sp³-hybridized carbons (Fsp3) is 0.435. The van der Waals surface area contributed by atoms with Gasteiger partial charge in [0, 0.05) is 30.6 Å². The molecule has 0 N–H and O–H groups in total. The lowest BCUT2D eigenvalue weighted by molar-refractivity contribution is -0.129. The summed E-state index contributed by atoms with van der Waals surface area (Å²) in [5, 5.41) is 3.08. The Labute approximate surface area is 189 Å². The Morgan fingerprint density at radius 1 is 1.19 bits per heavy atom. The quantitative estimate of drug-likeness (QED) is 0.361. The van der Waals surface area contributed by atoms with E-state index >= 15 is 0 Å². The molecule has 0 radical (unpaired) electrons. The van der Waals surface area contributed by atoms with Gasteiger partial charge in [-0.3, -0.25) is 14.2 Å². The third kappa shape index (κ3) is 4.85. The average molecular weight is 460 g/mol. The number of amides is 1. The first kappa shape index (κ1) is 22.0. The zero-order valence-electron chi connectivity index (χ0n) is 17.6. The van der Waals surface area contributed by atoms with Crippen molar-refractivity contribution in [1.29, 1.82) is 0 Å². The van der Waals surface area contributed by atoms with Gasteiger partial charge in [0.25, 0.3) is 5.56 Å². The number of aromatic nitrogens is 2. The number of halogens is 1. The molecule has 3 heterocycles. The van der Waals surface area contributed by atoms with Gasteiger partial charge in [-0.15, -0.1) is 11.3 Å². The molecule has 0 spiro atoms. The van der Waals surface area contributed by atoms with E-state index in [0.29, 0.717) is 27.7 Å². The third-order valence-electron chi connectivity index (χ3n) is 5.58. The summed E-state index contributed by atoms with van der Waals surface area (Å²) in [4.78, 5) is 33.4. The van der Waals surface area contributed by atoms with Crippen molar-refractivity contribution in [2.75, 3.05) is 18.8 Å². The molecule has 0 unspecified atom stereocenters. The maximum absolute atomic E-state index is 13.5. The van der Waals surface area contributed by atoms with E-state index in [1.807, 2.05) is 10.3 Å². The van der Waals surface area contributed by atoms with Gasteiger partial charge in [-0.2, -0.15) is 0 Å². The second-order valence-electron chi connectivity index (χ2n) is 7.77. The van der Waals surface area contributed by atoms with E-state index in [9.17, 15) is 14.0 Å². The van der Waals surface area contributed by atoms with Crippen molar-refractivity contribution in [1.82, 2.24) is 14.5 Å². The predicted molar refractivity (Wildman–Crippen MR) is 125 cm³/mol. The molecule has 3 aromatic rings. The normalized spacial score (nSPS) is 14.3. The van der Waals surface area contributed by atoms with E-state index in [0.717, 1.165) is 49.9 Å². The Kier molecular flexibility index (Phi) is 7.07. The first-order valence-electron chi connectivity index (χ1n) is 10.8. The van der Waals surface area contributed by atoms with Crippen LogP contribution < -0.4 is 5.56 Å². The van der Waals surface area contributed by atoms with Crippen LogP contribution in [0.3, 0.4) is 0 Å². The molecule has 0 saturated carbocycles. The zero-order chi connectivity index (χ0) is 21.8. The highest BCUT2D eigenvalue weighted by Crippen LogP contribution is 2.32. The second kappa shape index (κ2) is 9.96. The molecule has 1 aromatic carbocycles. The van der Waals surface area contributed by atoms with Crippen LogP contribution in [0.25, 0.3) is 21.3 Å². The summed E-state index contributed by atoms with van der Waals surface area (Å²) in [6.07, 6.45) is 5.11. The van der Waals surface area contributed by atoms with Gasteiger partial charge in [-0.25, -0.2) is 9.37 Å². The second-order valence-corrected chi connectivity index (χ2v) is 9.57. The summed E-state index contributed by atoms with van der Waals surface area (Å²) in [7, 11) is 0. The first-order valence-corrected chi connectivity index (χ1v) is 12.6. The molecule has 1 aliphatic heterocycles. The molecule has 0 atom stereocenters. The van der Waals surface area contributed by atoms with Crippen molar-refractivity contribution >= 4 is 39.2 Å². The van der Waals surface area contributed by atoms with Gasteiger partial charge >= 0.3 is 0 Å². The van der Waals surface area contributed by atoms with Crippen molar-refractivity contribution in [3.8, 4) is 11.1 Å². The number of thiophene rings is 1. The fourth-order valence-corrected chi connectivity index (χ4v) is 5.75. The zero-order valence-corrected chi connectivity index (χ0v) is 19.2. The van der Waals surface area contributed by atoms with Crippen LogP contribution in [-0.2, 0) is 11.3 Å². The summed E-state index contributed by atoms with van der Waals surface area (Å²) in [5.74, 6) is 0.0957. The Bertz CT molecular complexity index is 1120. The van der Waals surface area contributed by atoms with Crippen LogP contribution in [0.4, 0.5) is 4.39 Å². The smallest absolute Gasteiger partial charge is 0.263 e. The molecule has 4 rings (SSSR count). The molecule has 164 valence electrons. The van der Waals surface area contributed by atoms with Crippen LogP contribution in [-0.4, -0.2) is 39.2 Å². The van der Waals surface area contributed by atoms with Crippen LogP contribution >= 0.6 is 23.1 Å². The van der Waals surface area contributed by atoms with Crippen LogP contribution in [0.2, 0.25) is 0 Å². The number of rotatable bonds is 7. The maximum Gasteiger partial charge on any atom is 0.263 e. The number of hydrogen-bond acceptors (Lipinski definition) is 5. The number of likely N-dealkylation sites (tertiary alicyclic amines) is 1. The van der Waals surface area contributed by atoms with Crippen molar-refractivity contribution in [3.05, 3.63) is 45.8 Å². The van der Waals surface area contributed by atoms with Crippen LogP contribution in [0, 0.1) is 5.82 Å². The van der Waals surface area contributed by atoms with Gasteiger partial charge in [0.1, 0.15) is 10.6 Å². The summed E-state index contributed by atoms with van der Waals surface area (Å²) in [6.45, 7) is 4.29. The van der Waals surface area contributed by atoms with Gasteiger partial charge in [0.05, 0.1) is 11.1 Å². The number of hydrogen-bond donors (Lipinski definition) is 0. The number of benzene rings is 1. The molecule has 8 heteroatoms. The van der Waals surface area contributed by atoms with Crippen LogP contribution in [0.5, 0.6) is 0 Å². The molecule has 1 amide bonds. The highest BCUT2D eigenvalue weighted by molar-refractivity contribution is 7.99. The summed E-state index contributed by atoms with van der Waals surface area (Å²) < 4.78 is 15.1.